The van der Waals surface area contributed by atoms with Gasteiger partial charge in [-0.2, -0.15) is 0 Å². The fourth-order valence-corrected chi connectivity index (χ4v) is 4.12. The van der Waals surface area contributed by atoms with Gasteiger partial charge in [-0.05, 0) is 39.3 Å². The third kappa shape index (κ3) is 5.08. The molecule has 1 saturated heterocycles. The molecule has 0 saturated carbocycles. The predicted octanol–water partition coefficient (Wildman–Crippen LogP) is 3.69. The number of amides is 1. The summed E-state index contributed by atoms with van der Waals surface area (Å²) in [5.74, 6) is -1.70. The molecule has 1 aromatic heterocycles. The highest BCUT2D eigenvalue weighted by Gasteiger charge is 2.53. The minimum absolute atomic E-state index is 0.0485. The first-order valence-corrected chi connectivity index (χ1v) is 10.7. The number of aliphatic carboxylic acids is 1. The Morgan fingerprint density at radius 3 is 2.52 bits per heavy atom. The molecule has 178 valence electrons. The molecule has 2 aromatic rings. The number of benzene rings is 1. The van der Waals surface area contributed by atoms with E-state index in [1.165, 1.54) is 14.2 Å². The van der Waals surface area contributed by atoms with Crippen molar-refractivity contribution in [2.75, 3.05) is 20.8 Å². The van der Waals surface area contributed by atoms with E-state index in [0.717, 1.165) is 4.90 Å². The van der Waals surface area contributed by atoms with Crippen LogP contribution in [0.4, 0.5) is 4.79 Å². The number of nitrogens with zero attached hydrogens (tertiary/aromatic N) is 2. The minimum Gasteiger partial charge on any atom is -0.480 e. The first-order valence-electron chi connectivity index (χ1n) is 10.7. The molecule has 0 bridgehead atoms. The Kier molecular flexibility index (Phi) is 6.92. The van der Waals surface area contributed by atoms with Crippen LogP contribution in [0.25, 0.3) is 10.9 Å². The normalized spacial score (nSPS) is 21.0. The third-order valence-corrected chi connectivity index (χ3v) is 5.74. The van der Waals surface area contributed by atoms with Crippen LogP contribution in [0.3, 0.4) is 0 Å². The Morgan fingerprint density at radius 1 is 1.21 bits per heavy atom. The highest BCUT2D eigenvalue weighted by molar-refractivity contribution is 6.04. The number of aromatic nitrogens is 1. The standard InChI is InChI=1S/C24H30N2O7/c1-23(2,3)33-22(30)26-11-10-16(31-4)13-24(26,21(28)29)14-19(27)17-12-15-8-6-7-9-18(15)25-20(17)32-5/h6-9,12,16H,10-11,13-14H2,1-5H3,(H,28,29)/t16?,24-/m0/s1. The number of Topliss-reactive ketones (excluding diaryl/α,β-unsaturated/α-hetero) is 1. The van der Waals surface area contributed by atoms with E-state index in [1.54, 1.807) is 39.0 Å². The molecule has 9 nitrogen and oxygen atoms in total. The van der Waals surface area contributed by atoms with E-state index in [1.807, 2.05) is 12.1 Å². The Morgan fingerprint density at radius 2 is 1.91 bits per heavy atom. The molecular weight excluding hydrogens is 428 g/mol. The number of ketones is 1. The van der Waals surface area contributed by atoms with Gasteiger partial charge >= 0.3 is 12.1 Å². The fraction of sp³-hybridized carbons (Fsp3) is 0.500. The molecule has 1 aromatic carbocycles. The van der Waals surface area contributed by atoms with Gasteiger partial charge in [0.15, 0.2) is 11.3 Å². The molecule has 1 amide bonds. The molecule has 1 aliphatic rings. The third-order valence-electron chi connectivity index (χ3n) is 5.74. The number of carboxylic acid groups (broad SMARTS) is 1. The Balaban J connectivity index is 2.04. The maximum absolute atomic E-state index is 13.5. The van der Waals surface area contributed by atoms with E-state index in [4.69, 9.17) is 14.2 Å². The van der Waals surface area contributed by atoms with E-state index in [9.17, 15) is 19.5 Å². The number of hydrogen-bond acceptors (Lipinski definition) is 7. The van der Waals surface area contributed by atoms with Crippen LogP contribution in [0, 0.1) is 0 Å². The average molecular weight is 459 g/mol. The van der Waals surface area contributed by atoms with Crippen molar-refractivity contribution in [1.82, 2.24) is 9.88 Å². The summed E-state index contributed by atoms with van der Waals surface area (Å²) in [6, 6.07) is 8.87. The SMILES string of the molecule is COc1nc2ccccc2cc1C(=O)C[C@]1(C(=O)O)CC(OC)CCN1C(=O)OC(C)(C)C. The number of methoxy groups -OCH3 is 2. The summed E-state index contributed by atoms with van der Waals surface area (Å²) in [6.07, 6.45) is -1.30. The van der Waals surface area contributed by atoms with E-state index in [2.05, 4.69) is 4.98 Å². The summed E-state index contributed by atoms with van der Waals surface area (Å²) in [5, 5.41) is 11.0. The molecule has 1 N–H and O–H groups in total. The second kappa shape index (κ2) is 9.35. The number of carbonyl (C=O) groups is 3. The van der Waals surface area contributed by atoms with Gasteiger partial charge in [-0.1, -0.05) is 18.2 Å². The zero-order valence-electron chi connectivity index (χ0n) is 19.6. The molecule has 0 radical (unpaired) electrons. The maximum atomic E-state index is 13.5. The predicted molar refractivity (Wildman–Crippen MR) is 121 cm³/mol. The molecule has 1 fully saturated rings. The second-order valence-electron chi connectivity index (χ2n) is 9.16. The van der Waals surface area contributed by atoms with Crippen LogP contribution in [0.5, 0.6) is 5.88 Å². The van der Waals surface area contributed by atoms with Crippen molar-refractivity contribution in [1.29, 1.82) is 0 Å². The zero-order valence-corrected chi connectivity index (χ0v) is 19.6. The Bertz CT molecular complexity index is 1060. The van der Waals surface area contributed by atoms with Gasteiger partial charge in [0.1, 0.15) is 5.60 Å². The Hall–Kier alpha value is -3.20. The first kappa shape index (κ1) is 24.4. The van der Waals surface area contributed by atoms with Crippen LogP contribution in [-0.2, 0) is 14.3 Å². The maximum Gasteiger partial charge on any atom is 0.411 e. The second-order valence-corrected chi connectivity index (χ2v) is 9.16. The smallest absolute Gasteiger partial charge is 0.411 e. The van der Waals surface area contributed by atoms with Crippen LogP contribution in [-0.4, -0.2) is 70.8 Å². The van der Waals surface area contributed by atoms with Gasteiger partial charge in [-0.3, -0.25) is 9.69 Å². The van der Waals surface area contributed by atoms with Crippen molar-refractivity contribution >= 4 is 28.7 Å². The lowest BCUT2D eigenvalue weighted by atomic mass is 9.80. The lowest BCUT2D eigenvalue weighted by Crippen LogP contribution is -2.63. The summed E-state index contributed by atoms with van der Waals surface area (Å²) in [4.78, 5) is 44.7. The molecule has 33 heavy (non-hydrogen) atoms. The van der Waals surface area contributed by atoms with E-state index >= 15 is 0 Å². The molecule has 3 rings (SSSR count). The van der Waals surface area contributed by atoms with Gasteiger partial charge < -0.3 is 19.3 Å². The summed E-state index contributed by atoms with van der Waals surface area (Å²) in [5.41, 5.74) is -1.86. The average Bonchev–Trinajstić information content (AvgIpc) is 2.76. The quantitative estimate of drug-likeness (QED) is 0.652. The number of carbonyl (C=O) groups excluding carboxylic acids is 2. The lowest BCUT2D eigenvalue weighted by molar-refractivity contribution is -0.157. The fourth-order valence-electron chi connectivity index (χ4n) is 4.12. The number of ether oxygens (including phenoxy) is 3. The summed E-state index contributed by atoms with van der Waals surface area (Å²) < 4.78 is 16.2. The van der Waals surface area contributed by atoms with Gasteiger partial charge in [0.25, 0.3) is 0 Å². The van der Waals surface area contributed by atoms with Gasteiger partial charge in [0, 0.05) is 31.9 Å². The summed E-state index contributed by atoms with van der Waals surface area (Å²) in [7, 11) is 2.88. The monoisotopic (exact) mass is 458 g/mol. The van der Waals surface area contributed by atoms with Gasteiger partial charge in [-0.15, -0.1) is 0 Å². The summed E-state index contributed by atoms with van der Waals surface area (Å²) in [6.45, 7) is 5.18. The van der Waals surface area contributed by atoms with Gasteiger partial charge in [-0.25, -0.2) is 14.6 Å². The van der Waals surface area contributed by atoms with Crippen LogP contribution in [0.15, 0.2) is 30.3 Å². The number of piperidine rings is 1. The van der Waals surface area contributed by atoms with Crippen molar-refractivity contribution in [3.63, 3.8) is 0 Å². The van der Waals surface area contributed by atoms with Crippen LogP contribution in [0.1, 0.15) is 50.4 Å². The number of hydrogen-bond donors (Lipinski definition) is 1. The van der Waals surface area contributed by atoms with Gasteiger partial charge in [0.2, 0.25) is 5.88 Å². The lowest BCUT2D eigenvalue weighted by Gasteiger charge is -2.46. The number of rotatable bonds is 6. The number of likely N-dealkylation sites (tertiary alicyclic amines) is 1. The van der Waals surface area contributed by atoms with Crippen molar-refractivity contribution in [3.05, 3.63) is 35.9 Å². The van der Waals surface area contributed by atoms with Crippen LogP contribution >= 0.6 is 0 Å². The topological polar surface area (TPSA) is 115 Å². The van der Waals surface area contributed by atoms with Crippen LogP contribution in [0.2, 0.25) is 0 Å². The van der Waals surface area contributed by atoms with Crippen molar-refractivity contribution < 1.29 is 33.7 Å². The summed E-state index contributed by atoms with van der Waals surface area (Å²) >= 11 is 0. The molecule has 2 heterocycles. The molecule has 0 aliphatic carbocycles. The molecule has 9 heteroatoms. The van der Waals surface area contributed by atoms with Gasteiger partial charge in [0.05, 0.1) is 24.3 Å². The van der Waals surface area contributed by atoms with E-state index in [-0.39, 0.29) is 24.4 Å². The highest BCUT2D eigenvalue weighted by atomic mass is 16.6. The Labute approximate surface area is 192 Å². The van der Waals surface area contributed by atoms with Crippen LogP contribution < -0.4 is 4.74 Å². The largest absolute Gasteiger partial charge is 0.480 e. The number of para-hydroxylation sites is 1. The number of fused-ring (bicyclic) bond motifs is 1. The molecule has 2 atom stereocenters. The van der Waals surface area contributed by atoms with Crippen molar-refractivity contribution in [2.24, 2.45) is 0 Å². The minimum atomic E-state index is -1.84. The van der Waals surface area contributed by atoms with Crippen molar-refractivity contribution in [3.8, 4) is 5.88 Å². The number of pyridine rings is 1. The molecule has 0 spiro atoms. The molecule has 1 unspecified atom stereocenters. The molecule has 1 aliphatic heterocycles. The first-order chi connectivity index (χ1) is 15.5. The molecular formula is C24H30N2O7. The van der Waals surface area contributed by atoms with E-state index in [0.29, 0.717) is 17.3 Å². The zero-order chi connectivity index (χ0) is 24.4. The number of carboxylic acids is 1. The van der Waals surface area contributed by atoms with Crippen molar-refractivity contribution in [2.45, 2.75) is 57.3 Å². The van der Waals surface area contributed by atoms with E-state index < -0.39 is 41.5 Å². The highest BCUT2D eigenvalue weighted by Crippen LogP contribution is 2.37.